The molecule has 0 bridgehead atoms. The fourth-order valence-corrected chi connectivity index (χ4v) is 4.84. The largest absolute Gasteiger partial charge is 0.462 e. The van der Waals surface area contributed by atoms with Gasteiger partial charge in [-0.15, -0.1) is 0 Å². The van der Waals surface area contributed by atoms with Gasteiger partial charge in [-0.1, -0.05) is 13.0 Å². The molecule has 1 aromatic rings. The lowest BCUT2D eigenvalue weighted by molar-refractivity contribution is -0.194. The minimum absolute atomic E-state index is 0.519. The van der Waals surface area contributed by atoms with Gasteiger partial charge in [0.1, 0.15) is 5.75 Å². The molecule has 2 rings (SSSR count). The van der Waals surface area contributed by atoms with Gasteiger partial charge in [0, 0.05) is 32.1 Å². The molecule has 0 radical (unpaired) electrons. The predicted octanol–water partition coefficient (Wildman–Crippen LogP) is 3.07. The highest BCUT2D eigenvalue weighted by Crippen LogP contribution is 2.32. The third-order valence-corrected chi connectivity index (χ3v) is 6.96. The number of benzene rings is 1. The van der Waals surface area contributed by atoms with E-state index in [4.69, 9.17) is 18.3 Å². The number of hydrogen-bond acceptors (Lipinski definition) is 4. The van der Waals surface area contributed by atoms with Crippen molar-refractivity contribution in [3.8, 4) is 5.75 Å². The van der Waals surface area contributed by atoms with Crippen LogP contribution >= 0.6 is 0 Å². The fraction of sp³-hybridized carbons (Fsp3) is 0.625. The van der Waals surface area contributed by atoms with E-state index in [0.717, 1.165) is 22.9 Å². The number of ether oxygens (including phenoxy) is 2. The predicted molar refractivity (Wildman–Crippen MR) is 85.1 cm³/mol. The van der Waals surface area contributed by atoms with Crippen molar-refractivity contribution >= 4 is 13.7 Å². The van der Waals surface area contributed by atoms with Crippen molar-refractivity contribution in [1.82, 2.24) is 0 Å². The fourth-order valence-electron chi connectivity index (χ4n) is 2.50. The minimum Gasteiger partial charge on any atom is -0.462 e. The summed E-state index contributed by atoms with van der Waals surface area (Å²) in [6.45, 7) is 12.0. The molecule has 21 heavy (non-hydrogen) atoms. The van der Waals surface area contributed by atoms with Gasteiger partial charge in [-0.25, -0.2) is 0 Å². The molecule has 0 aliphatic carbocycles. The second-order valence-electron chi connectivity index (χ2n) is 5.51. The summed E-state index contributed by atoms with van der Waals surface area (Å²) in [5.74, 6) is 0.383. The molecular formula is C16H26O4Si. The van der Waals surface area contributed by atoms with Crippen molar-refractivity contribution in [2.75, 3.05) is 13.2 Å². The van der Waals surface area contributed by atoms with Crippen LogP contribution in [0.5, 0.6) is 5.75 Å². The van der Waals surface area contributed by atoms with E-state index < -0.39 is 14.3 Å². The van der Waals surface area contributed by atoms with Gasteiger partial charge in [-0.05, 0) is 37.7 Å². The zero-order chi connectivity index (χ0) is 15.5. The summed E-state index contributed by atoms with van der Waals surface area (Å²) in [5, 5.41) is 1.12. The lowest BCUT2D eigenvalue weighted by Gasteiger charge is -2.35. The van der Waals surface area contributed by atoms with E-state index in [2.05, 4.69) is 25.6 Å². The molecule has 118 valence electrons. The van der Waals surface area contributed by atoms with Crippen LogP contribution in [0.1, 0.15) is 39.7 Å². The summed E-state index contributed by atoms with van der Waals surface area (Å²) < 4.78 is 23.7. The van der Waals surface area contributed by atoms with Gasteiger partial charge >= 0.3 is 8.56 Å². The van der Waals surface area contributed by atoms with Crippen LogP contribution in [-0.4, -0.2) is 27.6 Å². The van der Waals surface area contributed by atoms with Crippen molar-refractivity contribution in [1.29, 1.82) is 0 Å². The topological polar surface area (TPSA) is 36.9 Å². The van der Waals surface area contributed by atoms with Crippen LogP contribution in [-0.2, 0) is 20.2 Å². The lowest BCUT2D eigenvalue weighted by Crippen LogP contribution is -2.51. The van der Waals surface area contributed by atoms with Gasteiger partial charge in [0.25, 0.3) is 0 Å². The van der Waals surface area contributed by atoms with Crippen molar-refractivity contribution in [3.05, 3.63) is 23.8 Å². The summed E-state index contributed by atoms with van der Waals surface area (Å²) in [4.78, 5) is 0. The average Bonchev–Trinajstić information content (AvgIpc) is 2.47. The summed E-state index contributed by atoms with van der Waals surface area (Å²) in [6, 6.07) is 6.20. The summed E-state index contributed by atoms with van der Waals surface area (Å²) >= 11 is 0. The minimum atomic E-state index is -2.34. The standard InChI is InChI=1S/C16H26O4Si/c1-6-16(4)17-12-13-11-14(9-10-15(13)20-16)21(5,18-7-2)19-8-3/h9-11H,6-8,12H2,1-5H3. The molecule has 0 saturated heterocycles. The monoisotopic (exact) mass is 310 g/mol. The summed E-state index contributed by atoms with van der Waals surface area (Å²) in [6.07, 6.45) is 0.818. The van der Waals surface area contributed by atoms with E-state index in [-0.39, 0.29) is 0 Å². The molecule has 4 nitrogen and oxygen atoms in total. The van der Waals surface area contributed by atoms with E-state index in [0.29, 0.717) is 19.8 Å². The first-order valence-electron chi connectivity index (χ1n) is 7.70. The first-order valence-corrected chi connectivity index (χ1v) is 10.0. The SMILES string of the molecule is CCO[Si](C)(OCC)c1ccc2c(c1)COC(C)(CC)O2. The molecule has 1 atom stereocenters. The highest BCUT2D eigenvalue weighted by Gasteiger charge is 2.36. The van der Waals surface area contributed by atoms with E-state index >= 15 is 0 Å². The Kier molecular flexibility index (Phi) is 5.09. The van der Waals surface area contributed by atoms with Crippen molar-refractivity contribution in [3.63, 3.8) is 0 Å². The van der Waals surface area contributed by atoms with Crippen LogP contribution < -0.4 is 9.92 Å². The van der Waals surface area contributed by atoms with Gasteiger partial charge in [0.05, 0.1) is 6.61 Å². The Balaban J connectivity index is 2.29. The van der Waals surface area contributed by atoms with E-state index in [1.54, 1.807) is 0 Å². The molecule has 0 aromatic heterocycles. The van der Waals surface area contributed by atoms with Crippen molar-refractivity contribution in [2.45, 2.75) is 53.1 Å². The zero-order valence-corrected chi connectivity index (χ0v) is 14.7. The molecule has 1 aromatic carbocycles. The first-order chi connectivity index (χ1) is 9.96. The average molecular weight is 310 g/mol. The van der Waals surface area contributed by atoms with E-state index in [1.807, 2.05) is 26.8 Å². The molecule has 0 spiro atoms. The van der Waals surface area contributed by atoms with Gasteiger partial charge in [0.2, 0.25) is 5.79 Å². The highest BCUT2D eigenvalue weighted by atomic mass is 28.4. The first kappa shape index (κ1) is 16.5. The van der Waals surface area contributed by atoms with Crippen LogP contribution in [0.4, 0.5) is 0 Å². The Morgan fingerprint density at radius 1 is 1.19 bits per heavy atom. The second-order valence-corrected chi connectivity index (χ2v) is 8.56. The highest BCUT2D eigenvalue weighted by molar-refractivity contribution is 6.80. The van der Waals surface area contributed by atoms with E-state index in [9.17, 15) is 0 Å². The van der Waals surface area contributed by atoms with Crippen molar-refractivity contribution in [2.24, 2.45) is 0 Å². The molecular weight excluding hydrogens is 284 g/mol. The molecule has 1 unspecified atom stereocenters. The maximum absolute atomic E-state index is 5.97. The lowest BCUT2D eigenvalue weighted by atomic mass is 10.1. The van der Waals surface area contributed by atoms with Gasteiger partial charge < -0.3 is 18.3 Å². The number of hydrogen-bond donors (Lipinski definition) is 0. The van der Waals surface area contributed by atoms with Crippen LogP contribution in [0.2, 0.25) is 6.55 Å². The molecule has 0 fully saturated rings. The molecule has 0 N–H and O–H groups in total. The van der Waals surface area contributed by atoms with Gasteiger partial charge in [0.15, 0.2) is 0 Å². The van der Waals surface area contributed by atoms with Crippen LogP contribution in [0.3, 0.4) is 0 Å². The summed E-state index contributed by atoms with van der Waals surface area (Å²) in [7, 11) is -2.34. The Hall–Kier alpha value is -0.883. The van der Waals surface area contributed by atoms with Crippen LogP contribution in [0.15, 0.2) is 18.2 Å². The molecule has 1 aliphatic heterocycles. The third kappa shape index (κ3) is 3.48. The van der Waals surface area contributed by atoms with Gasteiger partial charge in [-0.2, -0.15) is 0 Å². The second kappa shape index (κ2) is 6.48. The molecule has 0 amide bonds. The normalized spacial score (nSPS) is 21.8. The van der Waals surface area contributed by atoms with Crippen LogP contribution in [0, 0.1) is 0 Å². The third-order valence-electron chi connectivity index (χ3n) is 3.93. The Bertz CT molecular complexity index is 485. The Morgan fingerprint density at radius 2 is 1.86 bits per heavy atom. The Morgan fingerprint density at radius 3 is 2.43 bits per heavy atom. The summed E-state index contributed by atoms with van der Waals surface area (Å²) in [5.41, 5.74) is 1.07. The quantitative estimate of drug-likeness (QED) is 0.757. The zero-order valence-electron chi connectivity index (χ0n) is 13.7. The van der Waals surface area contributed by atoms with E-state index in [1.165, 1.54) is 0 Å². The Labute approximate surface area is 128 Å². The maximum atomic E-state index is 5.97. The maximum Gasteiger partial charge on any atom is 0.369 e. The van der Waals surface area contributed by atoms with Crippen LogP contribution in [0.25, 0.3) is 0 Å². The van der Waals surface area contributed by atoms with Crippen molar-refractivity contribution < 1.29 is 18.3 Å². The molecule has 1 heterocycles. The molecule has 1 aliphatic rings. The van der Waals surface area contributed by atoms with Gasteiger partial charge in [-0.3, -0.25) is 0 Å². The number of fused-ring (bicyclic) bond motifs is 1. The smallest absolute Gasteiger partial charge is 0.369 e. The number of rotatable bonds is 6. The molecule has 0 saturated carbocycles. The molecule has 5 heteroatoms.